The summed E-state index contributed by atoms with van der Waals surface area (Å²) in [5.74, 6) is -1.10. The Morgan fingerprint density at radius 3 is 2.00 bits per heavy atom. The number of hydrogen-bond acceptors (Lipinski definition) is 3. The maximum absolute atomic E-state index is 13.3. The molecule has 2 amide bonds. The van der Waals surface area contributed by atoms with Crippen molar-refractivity contribution in [3.05, 3.63) is 35.4 Å². The van der Waals surface area contributed by atoms with Crippen LogP contribution in [0.1, 0.15) is 20.7 Å². The second-order valence-corrected chi connectivity index (χ2v) is 5.43. The van der Waals surface area contributed by atoms with E-state index in [1.807, 2.05) is 0 Å². The van der Waals surface area contributed by atoms with Crippen LogP contribution in [0.15, 0.2) is 24.3 Å². The van der Waals surface area contributed by atoms with Gasteiger partial charge in [0.2, 0.25) is 0 Å². The van der Waals surface area contributed by atoms with Crippen LogP contribution in [0.5, 0.6) is 0 Å². The number of halogens is 3. The second kappa shape index (κ2) is 4.84. The highest BCUT2D eigenvalue weighted by molar-refractivity contribution is 7.98. The fourth-order valence-electron chi connectivity index (χ4n) is 1.41. The molecule has 2 rings (SSSR count). The van der Waals surface area contributed by atoms with Gasteiger partial charge in [0.1, 0.15) is 4.84 Å². The molecule has 0 aliphatic carbocycles. The van der Waals surface area contributed by atoms with Gasteiger partial charge in [-0.2, -0.15) is 0 Å². The number of imide groups is 1. The number of hydrogen-bond donors (Lipinski definition) is 0. The van der Waals surface area contributed by atoms with Gasteiger partial charge < -0.3 is 0 Å². The van der Waals surface area contributed by atoms with E-state index in [0.717, 1.165) is 4.31 Å². The number of carbonyl (C=O) groups excluding carboxylic acids is 2. The highest BCUT2D eigenvalue weighted by Gasteiger charge is 2.38. The topological polar surface area (TPSA) is 37.4 Å². The molecule has 1 aromatic carbocycles. The van der Waals surface area contributed by atoms with Gasteiger partial charge in [0.25, 0.3) is 11.8 Å². The second-order valence-electron chi connectivity index (χ2n) is 3.24. The third kappa shape index (κ3) is 2.27. The number of benzene rings is 1. The highest BCUT2D eigenvalue weighted by atomic mass is 35.5. The summed E-state index contributed by atoms with van der Waals surface area (Å²) in [6.07, 6.45) is 0. The molecule has 1 aliphatic heterocycles. The maximum Gasteiger partial charge on any atom is 0.271 e. The summed E-state index contributed by atoms with van der Waals surface area (Å²) in [7, 11) is 0. The molecular formula is C10H6Cl2FNO2S. The van der Waals surface area contributed by atoms with Crippen molar-refractivity contribution in [3.8, 4) is 0 Å². The van der Waals surface area contributed by atoms with E-state index < -0.39 is 22.2 Å². The summed E-state index contributed by atoms with van der Waals surface area (Å²) in [6.45, 7) is 0. The number of fused-ring (bicyclic) bond motifs is 1. The van der Waals surface area contributed by atoms with Gasteiger partial charge in [-0.1, -0.05) is 12.1 Å². The van der Waals surface area contributed by atoms with E-state index in [9.17, 15) is 14.0 Å². The Morgan fingerprint density at radius 1 is 1.12 bits per heavy atom. The SMILES string of the molecule is O=C1c2ccccc2C(=O)N1SC(F)C(Cl)Cl. The lowest BCUT2D eigenvalue weighted by molar-refractivity contribution is 0.0774. The van der Waals surface area contributed by atoms with Crippen molar-refractivity contribution < 1.29 is 14.0 Å². The van der Waals surface area contributed by atoms with E-state index in [1.165, 1.54) is 12.1 Å². The molecule has 1 heterocycles. The molecular weight excluding hydrogens is 288 g/mol. The van der Waals surface area contributed by atoms with Gasteiger partial charge in [-0.05, 0) is 12.1 Å². The summed E-state index contributed by atoms with van der Waals surface area (Å²) in [4.78, 5) is 22.3. The van der Waals surface area contributed by atoms with Crippen LogP contribution in [0, 0.1) is 0 Å². The Bertz CT molecular complexity index is 448. The van der Waals surface area contributed by atoms with Crippen molar-refractivity contribution in [1.29, 1.82) is 0 Å². The maximum atomic E-state index is 13.3. The Balaban J connectivity index is 2.25. The Kier molecular flexibility index (Phi) is 3.61. The van der Waals surface area contributed by atoms with E-state index in [0.29, 0.717) is 11.9 Å². The number of alkyl halides is 3. The number of rotatable bonds is 3. The van der Waals surface area contributed by atoms with Crippen LogP contribution in [-0.4, -0.2) is 26.5 Å². The van der Waals surface area contributed by atoms with Gasteiger partial charge in [0, 0.05) is 11.9 Å². The molecule has 1 atom stereocenters. The Labute approximate surface area is 111 Å². The first-order valence-electron chi connectivity index (χ1n) is 4.59. The number of nitrogens with zero attached hydrogens (tertiary/aromatic N) is 1. The summed E-state index contributed by atoms with van der Waals surface area (Å²) < 4.78 is 14.0. The van der Waals surface area contributed by atoms with Crippen LogP contribution in [0.4, 0.5) is 4.39 Å². The first-order valence-corrected chi connectivity index (χ1v) is 6.30. The molecule has 0 aromatic heterocycles. The standard InChI is InChI=1S/C10H6Cl2FNO2S/c11-7(12)8(13)17-14-9(15)5-3-1-2-4-6(5)10(14)16/h1-4,7-8H. The lowest BCUT2D eigenvalue weighted by Gasteiger charge is -2.15. The third-order valence-corrected chi connectivity index (χ3v) is 3.92. The van der Waals surface area contributed by atoms with Crippen molar-refractivity contribution in [2.75, 3.05) is 0 Å². The van der Waals surface area contributed by atoms with Crippen molar-refractivity contribution >= 4 is 47.0 Å². The van der Waals surface area contributed by atoms with Crippen LogP contribution < -0.4 is 0 Å². The summed E-state index contributed by atoms with van der Waals surface area (Å²) in [6, 6.07) is 6.30. The van der Waals surface area contributed by atoms with Crippen LogP contribution in [-0.2, 0) is 0 Å². The van der Waals surface area contributed by atoms with Crippen molar-refractivity contribution in [3.63, 3.8) is 0 Å². The molecule has 7 heteroatoms. The highest BCUT2D eigenvalue weighted by Crippen LogP contribution is 2.33. The molecule has 0 N–H and O–H groups in total. The monoisotopic (exact) mass is 293 g/mol. The Morgan fingerprint density at radius 2 is 1.59 bits per heavy atom. The molecule has 1 aromatic rings. The van der Waals surface area contributed by atoms with E-state index >= 15 is 0 Å². The molecule has 90 valence electrons. The average Bonchev–Trinajstić information content (AvgIpc) is 2.55. The molecule has 3 nitrogen and oxygen atoms in total. The quantitative estimate of drug-likeness (QED) is 0.488. The fraction of sp³-hybridized carbons (Fsp3) is 0.200. The van der Waals surface area contributed by atoms with E-state index in [4.69, 9.17) is 23.2 Å². The van der Waals surface area contributed by atoms with Gasteiger partial charge >= 0.3 is 0 Å². The first kappa shape index (κ1) is 12.7. The van der Waals surface area contributed by atoms with Gasteiger partial charge in [-0.3, -0.25) is 9.59 Å². The zero-order valence-corrected chi connectivity index (χ0v) is 10.6. The fourth-order valence-corrected chi connectivity index (χ4v) is 2.37. The normalized spacial score (nSPS) is 16.6. The zero-order valence-electron chi connectivity index (χ0n) is 8.27. The van der Waals surface area contributed by atoms with Crippen LogP contribution in [0.25, 0.3) is 0 Å². The molecule has 0 spiro atoms. The minimum atomic E-state index is -1.74. The number of amides is 2. The molecule has 1 aliphatic rings. The lowest BCUT2D eigenvalue weighted by Crippen LogP contribution is -2.26. The van der Waals surface area contributed by atoms with Crippen LogP contribution in [0.3, 0.4) is 0 Å². The molecule has 17 heavy (non-hydrogen) atoms. The number of carbonyl (C=O) groups is 2. The predicted octanol–water partition coefficient (Wildman–Crippen LogP) is 3.03. The Hall–Kier alpha value is -0.780. The smallest absolute Gasteiger partial charge is 0.268 e. The average molecular weight is 294 g/mol. The molecule has 0 saturated carbocycles. The van der Waals surface area contributed by atoms with Crippen molar-refractivity contribution in [1.82, 2.24) is 4.31 Å². The van der Waals surface area contributed by atoms with Gasteiger partial charge in [0.15, 0.2) is 5.50 Å². The van der Waals surface area contributed by atoms with Gasteiger partial charge in [-0.15, -0.1) is 23.2 Å². The van der Waals surface area contributed by atoms with Gasteiger partial charge in [-0.25, -0.2) is 8.70 Å². The molecule has 0 fully saturated rings. The summed E-state index contributed by atoms with van der Waals surface area (Å²) in [5.41, 5.74) is -1.21. The molecule has 0 bridgehead atoms. The zero-order chi connectivity index (χ0) is 12.6. The predicted molar refractivity (Wildman–Crippen MR) is 64.9 cm³/mol. The third-order valence-electron chi connectivity index (χ3n) is 2.16. The summed E-state index contributed by atoms with van der Waals surface area (Å²) >= 11 is 11.1. The van der Waals surface area contributed by atoms with Crippen molar-refractivity contribution in [2.24, 2.45) is 0 Å². The van der Waals surface area contributed by atoms with E-state index in [-0.39, 0.29) is 11.1 Å². The minimum Gasteiger partial charge on any atom is -0.268 e. The van der Waals surface area contributed by atoms with Gasteiger partial charge in [0.05, 0.1) is 11.1 Å². The van der Waals surface area contributed by atoms with Crippen LogP contribution >= 0.6 is 35.1 Å². The molecule has 0 radical (unpaired) electrons. The summed E-state index contributed by atoms with van der Waals surface area (Å²) in [5, 5.41) is 0. The molecule has 1 unspecified atom stereocenters. The van der Waals surface area contributed by atoms with E-state index in [1.54, 1.807) is 12.1 Å². The lowest BCUT2D eigenvalue weighted by atomic mass is 10.1. The van der Waals surface area contributed by atoms with Crippen molar-refractivity contribution in [2.45, 2.75) is 10.3 Å². The minimum absolute atomic E-state index is 0.262. The van der Waals surface area contributed by atoms with E-state index in [2.05, 4.69) is 0 Å². The largest absolute Gasteiger partial charge is 0.271 e. The molecule has 0 saturated heterocycles. The van der Waals surface area contributed by atoms with Crippen LogP contribution in [0.2, 0.25) is 0 Å². The first-order chi connectivity index (χ1) is 8.02.